The number of anilines is 2. The van der Waals surface area contributed by atoms with Crippen LogP contribution < -0.4 is 10.6 Å². The third-order valence-corrected chi connectivity index (χ3v) is 2.35. The molecule has 4 heteroatoms. The Hall–Kier alpha value is -1.58. The summed E-state index contributed by atoms with van der Waals surface area (Å²) in [7, 11) is 0. The fourth-order valence-corrected chi connectivity index (χ4v) is 1.75. The summed E-state index contributed by atoms with van der Waals surface area (Å²) in [4.78, 5) is 11.5. The van der Waals surface area contributed by atoms with Crippen molar-refractivity contribution in [2.24, 2.45) is 0 Å². The van der Waals surface area contributed by atoms with Crippen LogP contribution in [0.5, 0.6) is 0 Å². The quantitative estimate of drug-likeness (QED) is 0.687. The van der Waals surface area contributed by atoms with Gasteiger partial charge in [0.05, 0.1) is 5.69 Å². The van der Waals surface area contributed by atoms with Gasteiger partial charge in [0.1, 0.15) is 11.5 Å². The smallest absolute Gasteiger partial charge is 0.226 e. The summed E-state index contributed by atoms with van der Waals surface area (Å²) in [6.07, 6.45) is 0.321. The van der Waals surface area contributed by atoms with Crippen molar-refractivity contribution in [1.82, 2.24) is 0 Å². The molecule has 1 amide bonds. The van der Waals surface area contributed by atoms with Crippen molar-refractivity contribution in [2.45, 2.75) is 25.8 Å². The van der Waals surface area contributed by atoms with Gasteiger partial charge in [-0.3, -0.25) is 4.79 Å². The number of para-hydroxylation sites is 1. The van der Waals surface area contributed by atoms with Crippen molar-refractivity contribution >= 4 is 17.3 Å². The van der Waals surface area contributed by atoms with Crippen molar-refractivity contribution in [1.29, 1.82) is 0 Å². The first-order valence-electron chi connectivity index (χ1n) is 4.84. The summed E-state index contributed by atoms with van der Waals surface area (Å²) in [5, 5.41) is 5.72. The normalized spacial score (nSPS) is 18.5. The predicted molar refractivity (Wildman–Crippen MR) is 57.3 cm³/mol. The first-order valence-corrected chi connectivity index (χ1v) is 4.84. The Bertz CT molecular complexity index is 415. The Labute approximate surface area is 87.7 Å². The zero-order valence-corrected chi connectivity index (χ0v) is 8.73. The highest BCUT2D eigenvalue weighted by Gasteiger charge is 2.27. The average Bonchev–Trinajstić information content (AvgIpc) is 2.20. The van der Waals surface area contributed by atoms with Gasteiger partial charge in [0.25, 0.3) is 0 Å². The number of fused-ring (bicyclic) bond motifs is 1. The molecule has 0 aromatic heterocycles. The molecule has 0 radical (unpaired) electrons. The molecule has 2 rings (SSSR count). The molecular weight excluding hydrogens is 195 g/mol. The molecule has 0 bridgehead atoms. The van der Waals surface area contributed by atoms with Crippen LogP contribution in [0.15, 0.2) is 18.2 Å². The second kappa shape index (κ2) is 3.22. The number of halogens is 1. The largest absolute Gasteiger partial charge is 0.378 e. The Morgan fingerprint density at radius 3 is 2.87 bits per heavy atom. The summed E-state index contributed by atoms with van der Waals surface area (Å²) < 4.78 is 13.4. The van der Waals surface area contributed by atoms with E-state index in [1.54, 1.807) is 12.1 Å². The number of carbonyl (C=O) groups excluding carboxylic acids is 1. The van der Waals surface area contributed by atoms with Gasteiger partial charge in [-0.2, -0.15) is 0 Å². The summed E-state index contributed by atoms with van der Waals surface area (Å²) in [6, 6.07) is 4.71. The van der Waals surface area contributed by atoms with Crippen LogP contribution in [0.4, 0.5) is 15.8 Å². The monoisotopic (exact) mass is 208 g/mol. The van der Waals surface area contributed by atoms with E-state index in [2.05, 4.69) is 10.6 Å². The first-order chi connectivity index (χ1) is 6.98. The Morgan fingerprint density at radius 1 is 1.40 bits per heavy atom. The van der Waals surface area contributed by atoms with Crippen molar-refractivity contribution in [2.75, 3.05) is 10.6 Å². The minimum atomic E-state index is -0.411. The van der Waals surface area contributed by atoms with E-state index in [0.717, 1.165) is 0 Å². The van der Waals surface area contributed by atoms with E-state index < -0.39 is 5.82 Å². The number of amides is 1. The molecule has 0 atom stereocenters. The highest BCUT2D eigenvalue weighted by molar-refractivity contribution is 5.97. The Morgan fingerprint density at radius 2 is 2.13 bits per heavy atom. The average molecular weight is 208 g/mol. The molecule has 0 spiro atoms. The summed E-state index contributed by atoms with van der Waals surface area (Å²) >= 11 is 0. The second-order valence-corrected chi connectivity index (χ2v) is 4.40. The maximum Gasteiger partial charge on any atom is 0.226 e. The lowest BCUT2D eigenvalue weighted by atomic mass is 10.0. The first kappa shape index (κ1) is 9.96. The molecule has 80 valence electrons. The van der Waals surface area contributed by atoms with Gasteiger partial charge < -0.3 is 10.6 Å². The van der Waals surface area contributed by atoms with Crippen molar-refractivity contribution in [3.8, 4) is 0 Å². The van der Waals surface area contributed by atoms with Gasteiger partial charge in [-0.1, -0.05) is 6.07 Å². The van der Waals surface area contributed by atoms with E-state index in [1.165, 1.54) is 6.07 Å². The fraction of sp³-hybridized carbons (Fsp3) is 0.364. The van der Waals surface area contributed by atoms with Gasteiger partial charge in [-0.15, -0.1) is 0 Å². The molecule has 0 saturated heterocycles. The molecule has 1 aromatic rings. The number of benzene rings is 1. The maximum absolute atomic E-state index is 13.4. The molecule has 3 nitrogen and oxygen atoms in total. The van der Waals surface area contributed by atoms with Crippen LogP contribution in [0.25, 0.3) is 0 Å². The summed E-state index contributed by atoms with van der Waals surface area (Å²) in [5.74, 6) is -0.581. The van der Waals surface area contributed by atoms with Crippen LogP contribution in [0.3, 0.4) is 0 Å². The third kappa shape index (κ3) is 1.93. The molecule has 0 saturated carbocycles. The maximum atomic E-state index is 13.4. The lowest BCUT2D eigenvalue weighted by Gasteiger charge is -2.24. The molecule has 1 aliphatic rings. The molecule has 1 heterocycles. The van der Waals surface area contributed by atoms with E-state index in [4.69, 9.17) is 0 Å². The van der Waals surface area contributed by atoms with Crippen LogP contribution in [0, 0.1) is 5.82 Å². The van der Waals surface area contributed by atoms with E-state index in [-0.39, 0.29) is 17.1 Å². The zero-order valence-electron chi connectivity index (χ0n) is 8.73. The lowest BCUT2D eigenvalue weighted by Crippen LogP contribution is -2.32. The topological polar surface area (TPSA) is 41.1 Å². The minimum Gasteiger partial charge on any atom is -0.378 e. The SMILES string of the molecule is CC1(C)CC(=O)Nc2c(F)cccc2N1. The fourth-order valence-electron chi connectivity index (χ4n) is 1.75. The van der Waals surface area contributed by atoms with Gasteiger partial charge in [-0.05, 0) is 26.0 Å². The molecule has 0 fully saturated rings. The van der Waals surface area contributed by atoms with Gasteiger partial charge in [0.2, 0.25) is 5.91 Å². The van der Waals surface area contributed by atoms with E-state index >= 15 is 0 Å². The summed E-state index contributed by atoms with van der Waals surface area (Å²) in [6.45, 7) is 3.82. The van der Waals surface area contributed by atoms with Crippen molar-refractivity contribution < 1.29 is 9.18 Å². The number of nitrogens with one attached hydrogen (secondary N) is 2. The van der Waals surface area contributed by atoms with Crippen LogP contribution >= 0.6 is 0 Å². The molecule has 15 heavy (non-hydrogen) atoms. The third-order valence-electron chi connectivity index (χ3n) is 2.35. The molecular formula is C11H13FN2O. The van der Waals surface area contributed by atoms with Gasteiger partial charge >= 0.3 is 0 Å². The van der Waals surface area contributed by atoms with Crippen molar-refractivity contribution in [3.63, 3.8) is 0 Å². The number of carbonyl (C=O) groups is 1. The van der Waals surface area contributed by atoms with E-state index in [1.807, 2.05) is 13.8 Å². The highest BCUT2D eigenvalue weighted by atomic mass is 19.1. The predicted octanol–water partition coefficient (Wildman–Crippen LogP) is 2.36. The lowest BCUT2D eigenvalue weighted by molar-refractivity contribution is -0.116. The highest BCUT2D eigenvalue weighted by Crippen LogP contribution is 2.31. The van der Waals surface area contributed by atoms with Crippen LogP contribution in [-0.4, -0.2) is 11.4 Å². The number of rotatable bonds is 0. The van der Waals surface area contributed by atoms with Crippen molar-refractivity contribution in [3.05, 3.63) is 24.0 Å². The van der Waals surface area contributed by atoms with Crippen LogP contribution in [-0.2, 0) is 4.79 Å². The van der Waals surface area contributed by atoms with Crippen LogP contribution in [0.1, 0.15) is 20.3 Å². The Kier molecular flexibility index (Phi) is 2.14. The number of hydrogen-bond acceptors (Lipinski definition) is 2. The van der Waals surface area contributed by atoms with Gasteiger partial charge in [0, 0.05) is 12.0 Å². The minimum absolute atomic E-state index is 0.170. The number of hydrogen-bond donors (Lipinski definition) is 2. The van der Waals surface area contributed by atoms with E-state index in [0.29, 0.717) is 12.1 Å². The standard InChI is InChI=1S/C11H13FN2O/c1-11(2)6-9(15)13-10-7(12)4-3-5-8(10)14-11/h3-5,14H,6H2,1-2H3,(H,13,15). The summed E-state index contributed by atoms with van der Waals surface area (Å²) in [5.41, 5.74) is 0.516. The van der Waals surface area contributed by atoms with Crippen LogP contribution in [0.2, 0.25) is 0 Å². The van der Waals surface area contributed by atoms with Gasteiger partial charge in [0.15, 0.2) is 0 Å². The molecule has 0 aliphatic carbocycles. The molecule has 1 aromatic carbocycles. The molecule has 1 aliphatic heterocycles. The molecule has 0 unspecified atom stereocenters. The second-order valence-electron chi connectivity index (χ2n) is 4.40. The Balaban J connectivity index is 2.50. The zero-order chi connectivity index (χ0) is 11.1. The van der Waals surface area contributed by atoms with E-state index in [9.17, 15) is 9.18 Å². The van der Waals surface area contributed by atoms with Gasteiger partial charge in [-0.25, -0.2) is 4.39 Å². The molecule has 2 N–H and O–H groups in total.